The van der Waals surface area contributed by atoms with E-state index in [1.807, 2.05) is 24.3 Å². The van der Waals surface area contributed by atoms with Crippen LogP contribution in [0.2, 0.25) is 0 Å². The van der Waals surface area contributed by atoms with Crippen molar-refractivity contribution < 1.29 is 23.9 Å². The molecule has 2 aliphatic rings. The predicted octanol–water partition coefficient (Wildman–Crippen LogP) is 3.93. The second-order valence-corrected chi connectivity index (χ2v) is 7.75. The molecule has 0 spiro atoms. The number of hydrogen-bond acceptors (Lipinski definition) is 6. The number of benzene rings is 1. The monoisotopic (exact) mass is 398 g/mol. The van der Waals surface area contributed by atoms with Gasteiger partial charge in [0, 0.05) is 33.8 Å². The maximum absolute atomic E-state index is 12.6. The summed E-state index contributed by atoms with van der Waals surface area (Å²) >= 11 is 1.46. The molecule has 0 atom stereocenters. The van der Waals surface area contributed by atoms with E-state index in [9.17, 15) is 14.4 Å². The maximum atomic E-state index is 12.6. The highest BCUT2D eigenvalue weighted by atomic mass is 32.2. The molecule has 0 bridgehead atoms. The number of carbonyl (C=O) groups is 3. The van der Waals surface area contributed by atoms with E-state index >= 15 is 0 Å². The first-order valence-corrected chi connectivity index (χ1v) is 10.0. The molecule has 3 rings (SSSR count). The Labute approximate surface area is 168 Å². The number of fused-ring (bicyclic) bond motifs is 1. The average molecular weight is 398 g/mol. The summed E-state index contributed by atoms with van der Waals surface area (Å²) in [6.07, 6.45) is 3.63. The van der Waals surface area contributed by atoms with Gasteiger partial charge in [0.25, 0.3) is 0 Å². The Morgan fingerprint density at radius 2 is 1.86 bits per heavy atom. The Balaban J connectivity index is 1.54. The summed E-state index contributed by atoms with van der Waals surface area (Å²) in [4.78, 5) is 38.0. The van der Waals surface area contributed by atoms with Gasteiger partial charge in [-0.25, -0.2) is 9.59 Å². The van der Waals surface area contributed by atoms with Crippen LogP contribution in [0, 0.1) is 0 Å². The van der Waals surface area contributed by atoms with Gasteiger partial charge in [0.2, 0.25) is 0 Å². The molecule has 0 saturated heterocycles. The van der Waals surface area contributed by atoms with Crippen molar-refractivity contribution in [3.63, 3.8) is 0 Å². The van der Waals surface area contributed by atoms with Gasteiger partial charge in [-0.15, -0.1) is 0 Å². The Hall–Kier alpha value is -2.60. The molecule has 1 aliphatic heterocycles. The third-order valence-electron chi connectivity index (χ3n) is 4.47. The van der Waals surface area contributed by atoms with E-state index in [-0.39, 0.29) is 25.4 Å². The first-order chi connectivity index (χ1) is 13.5. The fourth-order valence-electron chi connectivity index (χ4n) is 2.96. The van der Waals surface area contributed by atoms with Crippen molar-refractivity contribution >= 4 is 29.5 Å². The molecule has 6 heteroatoms. The van der Waals surface area contributed by atoms with Crippen molar-refractivity contribution in [3.05, 3.63) is 64.1 Å². The number of allylic oxidation sites excluding steroid dienone is 2. The van der Waals surface area contributed by atoms with Crippen molar-refractivity contribution in [2.75, 3.05) is 13.2 Å². The van der Waals surface area contributed by atoms with Gasteiger partial charge < -0.3 is 9.47 Å². The molecule has 0 amide bonds. The summed E-state index contributed by atoms with van der Waals surface area (Å²) in [5, 5.41) is 0. The van der Waals surface area contributed by atoms with Crippen LogP contribution in [0.3, 0.4) is 0 Å². The van der Waals surface area contributed by atoms with E-state index in [2.05, 4.69) is 6.58 Å². The third kappa shape index (κ3) is 4.62. The lowest BCUT2D eigenvalue weighted by Gasteiger charge is -2.25. The van der Waals surface area contributed by atoms with Crippen LogP contribution in [0.1, 0.15) is 31.7 Å². The number of ketones is 1. The van der Waals surface area contributed by atoms with Crippen LogP contribution in [0.15, 0.2) is 63.4 Å². The predicted molar refractivity (Wildman–Crippen MR) is 107 cm³/mol. The van der Waals surface area contributed by atoms with Crippen molar-refractivity contribution in [1.29, 1.82) is 0 Å². The summed E-state index contributed by atoms with van der Waals surface area (Å²) < 4.78 is 10.4. The molecule has 1 aromatic rings. The molecule has 1 heterocycles. The van der Waals surface area contributed by atoms with Gasteiger partial charge >= 0.3 is 11.9 Å². The van der Waals surface area contributed by atoms with Crippen LogP contribution in [0.4, 0.5) is 0 Å². The molecule has 1 aliphatic carbocycles. The number of unbranched alkanes of at least 4 members (excludes halogenated alkanes) is 1. The van der Waals surface area contributed by atoms with Gasteiger partial charge in [-0.1, -0.05) is 42.6 Å². The van der Waals surface area contributed by atoms with Crippen LogP contribution in [-0.4, -0.2) is 30.9 Å². The average Bonchev–Trinajstić information content (AvgIpc) is 2.69. The molecular formula is C22H22O5S. The molecule has 1 aromatic carbocycles. The zero-order chi connectivity index (χ0) is 20.1. The highest BCUT2D eigenvalue weighted by molar-refractivity contribution is 8.03. The Morgan fingerprint density at radius 3 is 2.61 bits per heavy atom. The standard InChI is InChI=1S/C22H22O5S/c1-14(2)21(24)26-11-5-6-12-27-22(25)16-9-10-18(23)17-13-15-7-3-4-8-19(15)28-20(16)17/h3-4,7-9H,1,5-6,10-13H2,2H3. The minimum absolute atomic E-state index is 0.0629. The van der Waals surface area contributed by atoms with Crippen molar-refractivity contribution in [3.8, 4) is 0 Å². The maximum Gasteiger partial charge on any atom is 0.338 e. The molecule has 5 nitrogen and oxygen atoms in total. The van der Waals surface area contributed by atoms with Crippen LogP contribution in [0.5, 0.6) is 0 Å². The number of ether oxygens (including phenoxy) is 2. The van der Waals surface area contributed by atoms with Gasteiger partial charge in [-0.2, -0.15) is 0 Å². The molecule has 0 aromatic heterocycles. The van der Waals surface area contributed by atoms with Crippen LogP contribution in [0.25, 0.3) is 0 Å². The van der Waals surface area contributed by atoms with E-state index < -0.39 is 11.9 Å². The quantitative estimate of drug-likeness (QED) is 0.394. The Kier molecular flexibility index (Phi) is 6.52. The first-order valence-electron chi connectivity index (χ1n) is 9.19. The molecule has 28 heavy (non-hydrogen) atoms. The van der Waals surface area contributed by atoms with Crippen LogP contribution < -0.4 is 0 Å². The largest absolute Gasteiger partial charge is 0.462 e. The fraction of sp³-hybridized carbons (Fsp3) is 0.318. The Bertz CT molecular complexity index is 894. The summed E-state index contributed by atoms with van der Waals surface area (Å²) in [7, 11) is 0. The summed E-state index contributed by atoms with van der Waals surface area (Å²) in [6.45, 7) is 5.61. The normalized spacial score (nSPS) is 15.3. The van der Waals surface area contributed by atoms with E-state index in [1.54, 1.807) is 13.0 Å². The van der Waals surface area contributed by atoms with Gasteiger partial charge in [-0.3, -0.25) is 4.79 Å². The highest BCUT2D eigenvalue weighted by Crippen LogP contribution is 2.44. The lowest BCUT2D eigenvalue weighted by molar-refractivity contribution is -0.141. The SMILES string of the molecule is C=C(C)C(=O)OCCCCOC(=O)C1=CCC(=O)C2=C1Sc1ccccc1C2. The van der Waals surface area contributed by atoms with Gasteiger partial charge in [-0.05, 0) is 31.4 Å². The molecule has 0 radical (unpaired) electrons. The van der Waals surface area contributed by atoms with E-state index in [4.69, 9.17) is 9.47 Å². The molecule has 0 N–H and O–H groups in total. The summed E-state index contributed by atoms with van der Waals surface area (Å²) in [6, 6.07) is 7.91. The third-order valence-corrected chi connectivity index (χ3v) is 5.76. The number of Topliss-reactive ketones (excluding diaryl/α,β-unsaturated/α-hetero) is 1. The zero-order valence-electron chi connectivity index (χ0n) is 15.8. The molecule has 0 fully saturated rings. The molecular weight excluding hydrogens is 376 g/mol. The van der Waals surface area contributed by atoms with Crippen LogP contribution in [-0.2, 0) is 30.3 Å². The molecule has 0 unspecified atom stereocenters. The van der Waals surface area contributed by atoms with Gasteiger partial charge in [0.1, 0.15) is 0 Å². The highest BCUT2D eigenvalue weighted by Gasteiger charge is 2.31. The number of esters is 2. The van der Waals surface area contributed by atoms with Crippen LogP contribution >= 0.6 is 11.8 Å². The van der Waals surface area contributed by atoms with E-state index in [1.165, 1.54) is 11.8 Å². The fourth-order valence-corrected chi connectivity index (χ4v) is 4.18. The minimum atomic E-state index is -0.414. The smallest absolute Gasteiger partial charge is 0.338 e. The first kappa shape index (κ1) is 20.1. The van der Waals surface area contributed by atoms with Crippen molar-refractivity contribution in [1.82, 2.24) is 0 Å². The second-order valence-electron chi connectivity index (χ2n) is 6.70. The number of rotatable bonds is 7. The number of carbonyl (C=O) groups excluding carboxylic acids is 3. The topological polar surface area (TPSA) is 69.7 Å². The molecule has 0 saturated carbocycles. The molecule has 146 valence electrons. The lowest BCUT2D eigenvalue weighted by Crippen LogP contribution is -2.20. The minimum Gasteiger partial charge on any atom is -0.462 e. The Morgan fingerprint density at radius 1 is 1.14 bits per heavy atom. The zero-order valence-corrected chi connectivity index (χ0v) is 16.6. The summed E-state index contributed by atoms with van der Waals surface area (Å²) in [5.41, 5.74) is 2.65. The number of hydrogen-bond donors (Lipinski definition) is 0. The lowest BCUT2D eigenvalue weighted by atomic mass is 9.92. The van der Waals surface area contributed by atoms with E-state index in [0.717, 1.165) is 15.4 Å². The second kappa shape index (κ2) is 9.06. The van der Waals surface area contributed by atoms with Gasteiger partial charge in [0.15, 0.2) is 5.78 Å². The van der Waals surface area contributed by atoms with Gasteiger partial charge in [0.05, 0.1) is 18.8 Å². The van der Waals surface area contributed by atoms with Crippen molar-refractivity contribution in [2.45, 2.75) is 37.5 Å². The summed E-state index contributed by atoms with van der Waals surface area (Å²) in [5.74, 6) is -0.762. The van der Waals surface area contributed by atoms with E-state index in [0.29, 0.717) is 36.0 Å². The number of thioether (sulfide) groups is 1. The van der Waals surface area contributed by atoms with Crippen molar-refractivity contribution in [2.24, 2.45) is 0 Å².